The molecule has 0 heterocycles. The summed E-state index contributed by atoms with van der Waals surface area (Å²) in [5, 5.41) is 10.9. The fourth-order valence-electron chi connectivity index (χ4n) is 1.25. The van der Waals surface area contributed by atoms with E-state index in [0.717, 1.165) is 0 Å². The standard InChI is InChI=1S/C13H17NO5/c1-13(2,3)12(15)8-19-11-6-5-9(18-4)7-10(11)14(16)17/h5-7H,8H2,1-4H3. The summed E-state index contributed by atoms with van der Waals surface area (Å²) < 4.78 is 10.2. The van der Waals surface area contributed by atoms with Gasteiger partial charge in [-0.3, -0.25) is 14.9 Å². The van der Waals surface area contributed by atoms with Gasteiger partial charge in [-0.05, 0) is 12.1 Å². The highest BCUT2D eigenvalue weighted by Crippen LogP contribution is 2.31. The SMILES string of the molecule is COc1ccc(OCC(=O)C(C)(C)C)c([N+](=O)[O-])c1. The number of Topliss-reactive ketones (excluding diaryl/α,β-unsaturated/α-hetero) is 1. The van der Waals surface area contributed by atoms with Gasteiger partial charge in [-0.2, -0.15) is 0 Å². The van der Waals surface area contributed by atoms with Crippen LogP contribution in [-0.2, 0) is 4.79 Å². The van der Waals surface area contributed by atoms with Crippen LogP contribution in [0.4, 0.5) is 5.69 Å². The van der Waals surface area contributed by atoms with Crippen molar-refractivity contribution in [3.8, 4) is 11.5 Å². The van der Waals surface area contributed by atoms with Gasteiger partial charge in [0.15, 0.2) is 11.5 Å². The summed E-state index contributed by atoms with van der Waals surface area (Å²) in [5.74, 6) is 0.294. The van der Waals surface area contributed by atoms with Crippen LogP contribution in [-0.4, -0.2) is 24.4 Å². The molecule has 0 aromatic heterocycles. The third-order valence-corrected chi connectivity index (χ3v) is 2.56. The van der Waals surface area contributed by atoms with Gasteiger partial charge in [-0.15, -0.1) is 0 Å². The Kier molecular flexibility index (Phi) is 4.47. The highest BCUT2D eigenvalue weighted by Gasteiger charge is 2.23. The molecule has 0 unspecified atom stereocenters. The number of nitrogens with zero attached hydrogens (tertiary/aromatic N) is 1. The van der Waals surface area contributed by atoms with Crippen molar-refractivity contribution >= 4 is 11.5 Å². The molecule has 0 saturated heterocycles. The Hall–Kier alpha value is -2.11. The predicted octanol–water partition coefficient (Wildman–Crippen LogP) is 2.60. The first-order chi connectivity index (χ1) is 8.75. The molecule has 6 heteroatoms. The molecule has 0 aliphatic carbocycles. The van der Waals surface area contributed by atoms with E-state index < -0.39 is 10.3 Å². The minimum Gasteiger partial charge on any atom is -0.496 e. The maximum Gasteiger partial charge on any atom is 0.314 e. The summed E-state index contributed by atoms with van der Waals surface area (Å²) in [4.78, 5) is 22.1. The van der Waals surface area contributed by atoms with Crippen LogP contribution >= 0.6 is 0 Å². The number of methoxy groups -OCH3 is 1. The maximum atomic E-state index is 11.7. The molecular weight excluding hydrogens is 250 g/mol. The Balaban J connectivity index is 2.90. The smallest absolute Gasteiger partial charge is 0.314 e. The van der Waals surface area contributed by atoms with E-state index in [2.05, 4.69) is 0 Å². The number of hydrogen-bond acceptors (Lipinski definition) is 5. The van der Waals surface area contributed by atoms with Crippen LogP contribution in [0.1, 0.15) is 20.8 Å². The Labute approximate surface area is 111 Å². The first-order valence-corrected chi connectivity index (χ1v) is 5.74. The van der Waals surface area contributed by atoms with Crippen molar-refractivity contribution in [3.05, 3.63) is 28.3 Å². The number of benzene rings is 1. The molecular formula is C13H17NO5. The van der Waals surface area contributed by atoms with Gasteiger partial charge < -0.3 is 9.47 Å². The largest absolute Gasteiger partial charge is 0.496 e. The minimum atomic E-state index is -0.570. The zero-order valence-corrected chi connectivity index (χ0v) is 11.4. The lowest BCUT2D eigenvalue weighted by Crippen LogP contribution is -2.26. The van der Waals surface area contributed by atoms with Gasteiger partial charge in [0.1, 0.15) is 12.4 Å². The van der Waals surface area contributed by atoms with Crippen molar-refractivity contribution < 1.29 is 19.2 Å². The predicted molar refractivity (Wildman–Crippen MR) is 69.6 cm³/mol. The zero-order chi connectivity index (χ0) is 14.6. The summed E-state index contributed by atoms with van der Waals surface area (Å²) in [6, 6.07) is 4.23. The highest BCUT2D eigenvalue weighted by molar-refractivity contribution is 5.85. The third kappa shape index (κ3) is 3.94. The number of carbonyl (C=O) groups excluding carboxylic acids is 1. The zero-order valence-electron chi connectivity index (χ0n) is 11.4. The number of nitro benzene ring substituents is 1. The molecule has 0 amide bonds. The van der Waals surface area contributed by atoms with Gasteiger partial charge in [-0.25, -0.2) is 0 Å². The number of carbonyl (C=O) groups is 1. The van der Waals surface area contributed by atoms with E-state index in [0.29, 0.717) is 5.75 Å². The molecule has 0 saturated carbocycles. The Morgan fingerprint density at radius 2 is 2.00 bits per heavy atom. The summed E-state index contributed by atoms with van der Waals surface area (Å²) in [6.07, 6.45) is 0. The van der Waals surface area contributed by atoms with Crippen molar-refractivity contribution in [2.75, 3.05) is 13.7 Å². The molecule has 1 aromatic rings. The van der Waals surface area contributed by atoms with Gasteiger partial charge >= 0.3 is 5.69 Å². The van der Waals surface area contributed by atoms with Gasteiger partial charge in [-0.1, -0.05) is 20.8 Å². The van der Waals surface area contributed by atoms with E-state index in [9.17, 15) is 14.9 Å². The van der Waals surface area contributed by atoms with Crippen LogP contribution in [0.2, 0.25) is 0 Å². The number of rotatable bonds is 5. The van der Waals surface area contributed by atoms with Crippen LogP contribution in [0.15, 0.2) is 18.2 Å². The molecule has 0 bridgehead atoms. The number of hydrogen-bond donors (Lipinski definition) is 0. The van der Waals surface area contributed by atoms with Crippen LogP contribution in [0.5, 0.6) is 11.5 Å². The summed E-state index contributed by atoms with van der Waals surface area (Å²) >= 11 is 0. The van der Waals surface area contributed by atoms with E-state index in [1.807, 2.05) is 0 Å². The van der Waals surface area contributed by atoms with Gasteiger partial charge in [0.05, 0.1) is 18.1 Å². The molecule has 6 nitrogen and oxygen atoms in total. The molecule has 104 valence electrons. The molecule has 0 spiro atoms. The molecule has 0 atom stereocenters. The molecule has 1 rings (SSSR count). The summed E-state index contributed by atoms with van der Waals surface area (Å²) in [7, 11) is 1.42. The maximum absolute atomic E-state index is 11.7. The molecule has 0 fully saturated rings. The monoisotopic (exact) mass is 267 g/mol. The number of nitro groups is 1. The van der Waals surface area contributed by atoms with Crippen LogP contribution < -0.4 is 9.47 Å². The van der Waals surface area contributed by atoms with Gasteiger partial charge in [0.2, 0.25) is 0 Å². The molecule has 0 radical (unpaired) electrons. The lowest BCUT2D eigenvalue weighted by molar-refractivity contribution is -0.385. The lowest BCUT2D eigenvalue weighted by atomic mass is 9.91. The first-order valence-electron chi connectivity index (χ1n) is 5.74. The normalized spacial score (nSPS) is 10.9. The van der Waals surface area contributed by atoms with Gasteiger partial charge in [0, 0.05) is 5.41 Å². The van der Waals surface area contributed by atoms with E-state index >= 15 is 0 Å². The Morgan fingerprint density at radius 1 is 1.37 bits per heavy atom. The Bertz CT molecular complexity index is 490. The van der Waals surface area contributed by atoms with Gasteiger partial charge in [0.25, 0.3) is 0 Å². The second-order valence-corrected chi connectivity index (χ2v) is 5.05. The van der Waals surface area contributed by atoms with E-state index in [-0.39, 0.29) is 23.8 Å². The average Bonchev–Trinajstić information content (AvgIpc) is 2.34. The van der Waals surface area contributed by atoms with Crippen molar-refractivity contribution in [2.24, 2.45) is 5.41 Å². The first kappa shape index (κ1) is 14.9. The van der Waals surface area contributed by atoms with Crippen molar-refractivity contribution in [2.45, 2.75) is 20.8 Å². The Morgan fingerprint density at radius 3 is 2.47 bits per heavy atom. The second-order valence-electron chi connectivity index (χ2n) is 5.05. The minimum absolute atomic E-state index is 0.0587. The van der Waals surface area contributed by atoms with Crippen molar-refractivity contribution in [1.82, 2.24) is 0 Å². The fourth-order valence-corrected chi connectivity index (χ4v) is 1.25. The molecule has 0 aliphatic rings. The second kappa shape index (κ2) is 5.69. The van der Waals surface area contributed by atoms with Crippen LogP contribution in [0.25, 0.3) is 0 Å². The third-order valence-electron chi connectivity index (χ3n) is 2.56. The fraction of sp³-hybridized carbons (Fsp3) is 0.462. The lowest BCUT2D eigenvalue weighted by Gasteiger charge is -2.16. The quantitative estimate of drug-likeness (QED) is 0.605. The average molecular weight is 267 g/mol. The molecule has 0 N–H and O–H groups in total. The summed E-state index contributed by atoms with van der Waals surface area (Å²) in [6.45, 7) is 5.10. The molecule has 19 heavy (non-hydrogen) atoms. The van der Waals surface area contributed by atoms with E-state index in [4.69, 9.17) is 9.47 Å². The molecule has 0 aliphatic heterocycles. The number of ketones is 1. The van der Waals surface area contributed by atoms with Crippen LogP contribution in [0.3, 0.4) is 0 Å². The van der Waals surface area contributed by atoms with Crippen molar-refractivity contribution in [3.63, 3.8) is 0 Å². The van der Waals surface area contributed by atoms with E-state index in [1.54, 1.807) is 26.8 Å². The number of ether oxygens (including phenoxy) is 2. The van der Waals surface area contributed by atoms with E-state index in [1.165, 1.54) is 19.2 Å². The van der Waals surface area contributed by atoms with Crippen LogP contribution in [0, 0.1) is 15.5 Å². The highest BCUT2D eigenvalue weighted by atomic mass is 16.6. The summed E-state index contributed by atoms with van der Waals surface area (Å²) in [5.41, 5.74) is -0.762. The van der Waals surface area contributed by atoms with Crippen molar-refractivity contribution in [1.29, 1.82) is 0 Å². The topological polar surface area (TPSA) is 78.7 Å². The molecule has 1 aromatic carbocycles.